The molecule has 3 amide bonds. The molecular formula is C14H14N2O5. The van der Waals surface area contributed by atoms with Gasteiger partial charge in [0.2, 0.25) is 5.91 Å². The van der Waals surface area contributed by atoms with Crippen molar-refractivity contribution in [1.29, 1.82) is 0 Å². The summed E-state index contributed by atoms with van der Waals surface area (Å²) < 4.78 is 5.20. The SMILES string of the molecule is COc1ccc(C=CC(=O)O)cc1CN1C(=O)CNC1=O. The molecule has 110 valence electrons. The second kappa shape index (κ2) is 6.08. The lowest BCUT2D eigenvalue weighted by Crippen LogP contribution is -2.30. The second-order valence-electron chi connectivity index (χ2n) is 4.38. The summed E-state index contributed by atoms with van der Waals surface area (Å²) >= 11 is 0. The Balaban J connectivity index is 2.27. The summed E-state index contributed by atoms with van der Waals surface area (Å²) in [5.74, 6) is -0.843. The summed E-state index contributed by atoms with van der Waals surface area (Å²) in [5, 5.41) is 11.1. The summed E-state index contributed by atoms with van der Waals surface area (Å²) in [6.45, 7) is 0.0579. The van der Waals surface area contributed by atoms with E-state index in [9.17, 15) is 14.4 Å². The summed E-state index contributed by atoms with van der Waals surface area (Å²) in [5.41, 5.74) is 1.26. The van der Waals surface area contributed by atoms with E-state index in [0.29, 0.717) is 16.9 Å². The number of aliphatic carboxylic acids is 1. The van der Waals surface area contributed by atoms with Crippen molar-refractivity contribution in [2.45, 2.75) is 6.54 Å². The van der Waals surface area contributed by atoms with Gasteiger partial charge in [-0.15, -0.1) is 0 Å². The van der Waals surface area contributed by atoms with Crippen molar-refractivity contribution in [3.05, 3.63) is 35.4 Å². The number of rotatable bonds is 5. The largest absolute Gasteiger partial charge is 0.496 e. The molecule has 1 aromatic carbocycles. The number of amides is 3. The molecule has 21 heavy (non-hydrogen) atoms. The van der Waals surface area contributed by atoms with Crippen LogP contribution in [0.15, 0.2) is 24.3 Å². The number of urea groups is 1. The molecular weight excluding hydrogens is 276 g/mol. The fourth-order valence-corrected chi connectivity index (χ4v) is 1.98. The fourth-order valence-electron chi connectivity index (χ4n) is 1.98. The molecule has 2 rings (SSSR count). The smallest absolute Gasteiger partial charge is 0.328 e. The van der Waals surface area contributed by atoms with E-state index in [2.05, 4.69) is 5.32 Å². The molecule has 1 heterocycles. The Kier molecular flexibility index (Phi) is 4.22. The zero-order valence-corrected chi connectivity index (χ0v) is 11.3. The number of carboxylic acids is 1. The number of hydrogen-bond acceptors (Lipinski definition) is 4. The third kappa shape index (κ3) is 3.38. The first-order chi connectivity index (χ1) is 10.0. The lowest BCUT2D eigenvalue weighted by molar-refractivity contribution is -0.131. The van der Waals surface area contributed by atoms with Gasteiger partial charge >= 0.3 is 12.0 Å². The quantitative estimate of drug-likeness (QED) is 0.619. The molecule has 2 N–H and O–H groups in total. The molecule has 1 fully saturated rings. The van der Waals surface area contributed by atoms with Gasteiger partial charge in [-0.1, -0.05) is 6.07 Å². The Morgan fingerprint density at radius 2 is 2.24 bits per heavy atom. The van der Waals surface area contributed by atoms with Gasteiger partial charge in [0.1, 0.15) is 5.75 Å². The minimum absolute atomic E-state index is 0.0141. The molecule has 1 saturated heterocycles. The van der Waals surface area contributed by atoms with Crippen molar-refractivity contribution in [2.24, 2.45) is 0 Å². The number of hydrogen-bond donors (Lipinski definition) is 2. The molecule has 7 heteroatoms. The number of carbonyl (C=O) groups excluding carboxylic acids is 2. The highest BCUT2D eigenvalue weighted by molar-refractivity contribution is 6.01. The van der Waals surface area contributed by atoms with Gasteiger partial charge < -0.3 is 15.2 Å². The number of benzene rings is 1. The van der Waals surface area contributed by atoms with Crippen LogP contribution in [0.25, 0.3) is 6.08 Å². The van der Waals surface area contributed by atoms with Crippen LogP contribution in [0.4, 0.5) is 4.79 Å². The van der Waals surface area contributed by atoms with Gasteiger partial charge in [-0.3, -0.25) is 9.69 Å². The van der Waals surface area contributed by atoms with Gasteiger partial charge in [-0.25, -0.2) is 9.59 Å². The van der Waals surface area contributed by atoms with Crippen LogP contribution < -0.4 is 10.1 Å². The molecule has 0 saturated carbocycles. The van der Waals surface area contributed by atoms with E-state index >= 15 is 0 Å². The van der Waals surface area contributed by atoms with E-state index in [-0.39, 0.29) is 19.0 Å². The molecule has 0 radical (unpaired) electrons. The number of imide groups is 1. The Hall–Kier alpha value is -2.83. The van der Waals surface area contributed by atoms with Crippen LogP contribution in [0.2, 0.25) is 0 Å². The molecule has 0 aromatic heterocycles. The van der Waals surface area contributed by atoms with Crippen LogP contribution in [0.3, 0.4) is 0 Å². The normalized spacial score (nSPS) is 14.6. The van der Waals surface area contributed by atoms with Crippen LogP contribution in [-0.2, 0) is 16.1 Å². The predicted molar refractivity (Wildman–Crippen MR) is 73.6 cm³/mol. The highest BCUT2D eigenvalue weighted by Crippen LogP contribution is 2.23. The van der Waals surface area contributed by atoms with Crippen molar-refractivity contribution in [3.63, 3.8) is 0 Å². The van der Waals surface area contributed by atoms with Crippen molar-refractivity contribution in [2.75, 3.05) is 13.7 Å². The number of nitrogens with one attached hydrogen (secondary N) is 1. The summed E-state index contributed by atoms with van der Waals surface area (Å²) in [6.07, 6.45) is 2.44. The molecule has 1 aliphatic rings. The maximum atomic E-state index is 11.6. The highest BCUT2D eigenvalue weighted by atomic mass is 16.5. The Labute approximate surface area is 120 Å². The maximum Gasteiger partial charge on any atom is 0.328 e. The topological polar surface area (TPSA) is 95.9 Å². The highest BCUT2D eigenvalue weighted by Gasteiger charge is 2.29. The molecule has 0 unspecified atom stereocenters. The summed E-state index contributed by atoms with van der Waals surface area (Å²) in [6, 6.07) is 4.58. The third-order valence-corrected chi connectivity index (χ3v) is 2.99. The van der Waals surface area contributed by atoms with Crippen molar-refractivity contribution >= 4 is 24.0 Å². The molecule has 1 aliphatic heterocycles. The van der Waals surface area contributed by atoms with E-state index in [0.717, 1.165) is 11.0 Å². The van der Waals surface area contributed by atoms with E-state index in [1.54, 1.807) is 18.2 Å². The summed E-state index contributed by atoms with van der Waals surface area (Å²) in [4.78, 5) is 34.8. The minimum atomic E-state index is -1.05. The third-order valence-electron chi connectivity index (χ3n) is 2.99. The number of carboxylic acid groups (broad SMARTS) is 1. The van der Waals surface area contributed by atoms with Gasteiger partial charge in [-0.2, -0.15) is 0 Å². The fraction of sp³-hybridized carbons (Fsp3) is 0.214. The average molecular weight is 290 g/mol. The van der Waals surface area contributed by atoms with Crippen LogP contribution in [0.5, 0.6) is 5.75 Å². The van der Waals surface area contributed by atoms with Crippen LogP contribution >= 0.6 is 0 Å². The number of carbonyl (C=O) groups is 3. The molecule has 0 bridgehead atoms. The van der Waals surface area contributed by atoms with Gasteiger partial charge in [0.25, 0.3) is 0 Å². The average Bonchev–Trinajstić information content (AvgIpc) is 2.77. The number of methoxy groups -OCH3 is 1. The Morgan fingerprint density at radius 1 is 1.48 bits per heavy atom. The van der Waals surface area contributed by atoms with Crippen molar-refractivity contribution < 1.29 is 24.2 Å². The first-order valence-electron chi connectivity index (χ1n) is 6.17. The first-order valence-corrected chi connectivity index (χ1v) is 6.17. The number of nitrogens with zero attached hydrogens (tertiary/aromatic N) is 1. The first kappa shape index (κ1) is 14.6. The van der Waals surface area contributed by atoms with E-state index in [1.165, 1.54) is 13.2 Å². The molecule has 0 aliphatic carbocycles. The Morgan fingerprint density at radius 3 is 2.81 bits per heavy atom. The zero-order valence-electron chi connectivity index (χ0n) is 11.3. The van der Waals surface area contributed by atoms with Crippen LogP contribution in [0, 0.1) is 0 Å². The minimum Gasteiger partial charge on any atom is -0.496 e. The standard InChI is InChI=1S/C14H14N2O5/c1-21-11-4-2-9(3-5-13(18)19)6-10(11)8-16-12(17)7-15-14(16)20/h2-6H,7-8H2,1H3,(H,15,20)(H,18,19). The maximum absolute atomic E-state index is 11.6. The molecule has 7 nitrogen and oxygen atoms in total. The molecule has 0 atom stereocenters. The van der Waals surface area contributed by atoms with Gasteiger partial charge in [-0.05, 0) is 23.8 Å². The Bertz CT molecular complexity index is 608. The van der Waals surface area contributed by atoms with Gasteiger partial charge in [0.05, 0.1) is 20.2 Å². The van der Waals surface area contributed by atoms with Crippen LogP contribution in [-0.4, -0.2) is 41.6 Å². The van der Waals surface area contributed by atoms with Crippen molar-refractivity contribution in [1.82, 2.24) is 10.2 Å². The van der Waals surface area contributed by atoms with Crippen molar-refractivity contribution in [3.8, 4) is 5.75 Å². The zero-order chi connectivity index (χ0) is 15.4. The molecule has 1 aromatic rings. The molecule has 0 spiro atoms. The van der Waals surface area contributed by atoms with E-state index in [4.69, 9.17) is 9.84 Å². The predicted octanol–water partition coefficient (Wildman–Crippen LogP) is 0.845. The van der Waals surface area contributed by atoms with Crippen LogP contribution in [0.1, 0.15) is 11.1 Å². The second-order valence-corrected chi connectivity index (χ2v) is 4.38. The lowest BCUT2D eigenvalue weighted by Gasteiger charge is -2.15. The van der Waals surface area contributed by atoms with E-state index in [1.807, 2.05) is 0 Å². The van der Waals surface area contributed by atoms with E-state index < -0.39 is 12.0 Å². The summed E-state index contributed by atoms with van der Waals surface area (Å²) in [7, 11) is 1.48. The van der Waals surface area contributed by atoms with Gasteiger partial charge in [0, 0.05) is 11.6 Å². The lowest BCUT2D eigenvalue weighted by atomic mass is 10.1. The number of ether oxygens (including phenoxy) is 1. The van der Waals surface area contributed by atoms with Gasteiger partial charge in [0.15, 0.2) is 0 Å². The monoisotopic (exact) mass is 290 g/mol.